The molecule has 0 radical (unpaired) electrons. The van der Waals surface area contributed by atoms with Gasteiger partial charge in [0.05, 0.1) is 7.11 Å². The maximum Gasteiger partial charge on any atom is 0.256 e. The van der Waals surface area contributed by atoms with Gasteiger partial charge in [0.15, 0.2) is 0 Å². The van der Waals surface area contributed by atoms with Gasteiger partial charge in [-0.05, 0) is 47.5 Å². The average Bonchev–Trinajstić information content (AvgIpc) is 2.73. The number of rotatable bonds is 6. The third-order valence-corrected chi connectivity index (χ3v) is 4.20. The highest BCUT2D eigenvalue weighted by atomic mass is 16.5. The Labute approximate surface area is 170 Å². The predicted octanol–water partition coefficient (Wildman–Crippen LogP) is 4.83. The predicted molar refractivity (Wildman–Crippen MR) is 117 cm³/mol. The highest BCUT2D eigenvalue weighted by Gasteiger charge is 2.13. The van der Waals surface area contributed by atoms with Crippen molar-refractivity contribution in [3.05, 3.63) is 90.0 Å². The van der Waals surface area contributed by atoms with Gasteiger partial charge in [-0.2, -0.15) is 0 Å². The van der Waals surface area contributed by atoms with E-state index in [1.807, 2.05) is 60.7 Å². The van der Waals surface area contributed by atoms with Crippen molar-refractivity contribution < 1.29 is 14.3 Å². The molecule has 146 valence electrons. The van der Waals surface area contributed by atoms with Gasteiger partial charge in [0.2, 0.25) is 5.91 Å². The van der Waals surface area contributed by atoms with E-state index in [-0.39, 0.29) is 11.8 Å². The first-order valence-electron chi connectivity index (χ1n) is 9.15. The second-order valence-corrected chi connectivity index (χ2v) is 6.41. The molecule has 0 aromatic heterocycles. The fourth-order valence-corrected chi connectivity index (χ4v) is 2.84. The summed E-state index contributed by atoms with van der Waals surface area (Å²) in [5.41, 5.74) is 3.43. The summed E-state index contributed by atoms with van der Waals surface area (Å²) in [6.45, 7) is 1.44. The lowest BCUT2D eigenvalue weighted by Gasteiger charge is -2.11. The van der Waals surface area contributed by atoms with Gasteiger partial charge < -0.3 is 15.4 Å². The fourth-order valence-electron chi connectivity index (χ4n) is 2.84. The van der Waals surface area contributed by atoms with E-state index in [1.165, 1.54) is 6.92 Å². The first kappa shape index (κ1) is 19.9. The lowest BCUT2D eigenvalue weighted by molar-refractivity contribution is -0.114. The summed E-state index contributed by atoms with van der Waals surface area (Å²) in [6, 6.07) is 24.0. The molecule has 0 bridgehead atoms. The minimum Gasteiger partial charge on any atom is -0.497 e. The standard InChI is InChI=1S/C24H22N2O3/c1-17(27)25-20-9-6-10-21(16-20)26-24(28)23(19-7-4-3-5-8-19)15-18-11-13-22(29-2)14-12-18/h3-16H,1-2H3,(H,25,27)(H,26,28)/b23-15+. The van der Waals surface area contributed by atoms with Crippen LogP contribution in [0.4, 0.5) is 11.4 Å². The number of nitrogens with one attached hydrogen (secondary N) is 2. The third-order valence-electron chi connectivity index (χ3n) is 4.20. The number of hydrogen-bond acceptors (Lipinski definition) is 3. The topological polar surface area (TPSA) is 67.4 Å². The SMILES string of the molecule is COc1ccc(/C=C(/C(=O)Nc2cccc(NC(C)=O)c2)c2ccccc2)cc1. The second-order valence-electron chi connectivity index (χ2n) is 6.41. The van der Waals surface area contributed by atoms with Gasteiger partial charge in [0, 0.05) is 23.9 Å². The number of carbonyl (C=O) groups is 2. The summed E-state index contributed by atoms with van der Waals surface area (Å²) < 4.78 is 5.19. The Morgan fingerprint density at radius 2 is 1.48 bits per heavy atom. The normalized spacial score (nSPS) is 10.9. The minimum atomic E-state index is -0.244. The highest BCUT2D eigenvalue weighted by molar-refractivity contribution is 6.29. The van der Waals surface area contributed by atoms with Crippen LogP contribution in [0.5, 0.6) is 5.75 Å². The van der Waals surface area contributed by atoms with Crippen LogP contribution in [0.1, 0.15) is 18.1 Å². The van der Waals surface area contributed by atoms with Crippen LogP contribution < -0.4 is 15.4 Å². The molecule has 5 heteroatoms. The Morgan fingerprint density at radius 1 is 0.828 bits per heavy atom. The quantitative estimate of drug-likeness (QED) is 0.471. The molecule has 0 aliphatic heterocycles. The molecule has 29 heavy (non-hydrogen) atoms. The molecular formula is C24H22N2O3. The molecular weight excluding hydrogens is 364 g/mol. The Bertz CT molecular complexity index is 1030. The van der Waals surface area contributed by atoms with Crippen molar-refractivity contribution in [1.29, 1.82) is 0 Å². The number of methoxy groups -OCH3 is 1. The van der Waals surface area contributed by atoms with Crippen LogP contribution in [0.2, 0.25) is 0 Å². The third kappa shape index (κ3) is 5.56. The summed E-state index contributed by atoms with van der Waals surface area (Å²) in [5, 5.41) is 5.63. The first-order valence-corrected chi connectivity index (χ1v) is 9.15. The first-order chi connectivity index (χ1) is 14.0. The van der Waals surface area contributed by atoms with Crippen molar-refractivity contribution in [2.45, 2.75) is 6.92 Å². The summed E-state index contributed by atoms with van der Waals surface area (Å²) in [6.07, 6.45) is 1.84. The molecule has 0 saturated carbocycles. The molecule has 3 aromatic rings. The zero-order valence-electron chi connectivity index (χ0n) is 16.3. The van der Waals surface area contributed by atoms with Gasteiger partial charge in [-0.3, -0.25) is 9.59 Å². The van der Waals surface area contributed by atoms with E-state index in [0.717, 1.165) is 16.9 Å². The highest BCUT2D eigenvalue weighted by Crippen LogP contribution is 2.23. The van der Waals surface area contributed by atoms with Crippen LogP contribution in [0.15, 0.2) is 78.9 Å². The van der Waals surface area contributed by atoms with Crippen molar-refractivity contribution in [3.63, 3.8) is 0 Å². The summed E-state index contributed by atoms with van der Waals surface area (Å²) in [4.78, 5) is 24.4. The monoisotopic (exact) mass is 386 g/mol. The van der Waals surface area contributed by atoms with Crippen LogP contribution >= 0.6 is 0 Å². The Morgan fingerprint density at radius 3 is 2.10 bits per heavy atom. The van der Waals surface area contributed by atoms with E-state index in [1.54, 1.807) is 31.4 Å². The Kier molecular flexibility index (Phi) is 6.43. The number of benzene rings is 3. The summed E-state index contributed by atoms with van der Waals surface area (Å²) in [7, 11) is 1.61. The number of ether oxygens (including phenoxy) is 1. The van der Waals surface area contributed by atoms with E-state index in [9.17, 15) is 9.59 Å². The fraction of sp³-hybridized carbons (Fsp3) is 0.0833. The average molecular weight is 386 g/mol. The maximum absolute atomic E-state index is 13.1. The van der Waals surface area contributed by atoms with Gasteiger partial charge in [-0.1, -0.05) is 48.5 Å². The molecule has 2 amide bonds. The van der Waals surface area contributed by atoms with Crippen molar-refractivity contribution in [1.82, 2.24) is 0 Å². The number of anilines is 2. The van der Waals surface area contributed by atoms with Gasteiger partial charge >= 0.3 is 0 Å². The van der Waals surface area contributed by atoms with Crippen molar-refractivity contribution in [3.8, 4) is 5.75 Å². The number of amides is 2. The van der Waals surface area contributed by atoms with Crippen LogP contribution in [-0.4, -0.2) is 18.9 Å². The second kappa shape index (κ2) is 9.37. The molecule has 0 spiro atoms. The van der Waals surface area contributed by atoms with Gasteiger partial charge in [0.1, 0.15) is 5.75 Å². The van der Waals surface area contributed by atoms with Crippen LogP contribution in [0.3, 0.4) is 0 Å². The Hall–Kier alpha value is -3.86. The molecule has 0 saturated heterocycles. The number of carbonyl (C=O) groups excluding carboxylic acids is 2. The molecule has 0 unspecified atom stereocenters. The van der Waals surface area contributed by atoms with Gasteiger partial charge in [-0.25, -0.2) is 0 Å². The molecule has 0 atom stereocenters. The lowest BCUT2D eigenvalue weighted by Crippen LogP contribution is -2.14. The molecule has 2 N–H and O–H groups in total. The van der Waals surface area contributed by atoms with E-state index < -0.39 is 0 Å². The van der Waals surface area contributed by atoms with Crippen LogP contribution in [0.25, 0.3) is 11.6 Å². The van der Waals surface area contributed by atoms with Crippen LogP contribution in [-0.2, 0) is 9.59 Å². The zero-order valence-corrected chi connectivity index (χ0v) is 16.3. The van der Waals surface area contributed by atoms with Crippen LogP contribution in [0, 0.1) is 0 Å². The van der Waals surface area contributed by atoms with E-state index in [0.29, 0.717) is 16.9 Å². The number of hydrogen-bond donors (Lipinski definition) is 2. The van der Waals surface area contributed by atoms with Crippen molar-refractivity contribution in [2.75, 3.05) is 17.7 Å². The van der Waals surface area contributed by atoms with Crippen molar-refractivity contribution >= 4 is 34.8 Å². The van der Waals surface area contributed by atoms with Gasteiger partial charge in [0.25, 0.3) is 5.91 Å². The summed E-state index contributed by atoms with van der Waals surface area (Å²) in [5.74, 6) is 0.340. The van der Waals surface area contributed by atoms with E-state index in [4.69, 9.17) is 4.74 Å². The lowest BCUT2D eigenvalue weighted by atomic mass is 10.0. The summed E-state index contributed by atoms with van der Waals surface area (Å²) >= 11 is 0. The zero-order chi connectivity index (χ0) is 20.6. The van der Waals surface area contributed by atoms with Crippen molar-refractivity contribution in [2.24, 2.45) is 0 Å². The Balaban J connectivity index is 1.91. The molecule has 0 fully saturated rings. The molecule has 0 heterocycles. The van der Waals surface area contributed by atoms with E-state index >= 15 is 0 Å². The molecule has 5 nitrogen and oxygen atoms in total. The minimum absolute atomic E-state index is 0.169. The smallest absolute Gasteiger partial charge is 0.256 e. The maximum atomic E-state index is 13.1. The molecule has 0 aliphatic rings. The van der Waals surface area contributed by atoms with E-state index in [2.05, 4.69) is 10.6 Å². The molecule has 3 rings (SSSR count). The molecule has 3 aromatic carbocycles. The van der Waals surface area contributed by atoms with Gasteiger partial charge in [-0.15, -0.1) is 0 Å². The molecule has 0 aliphatic carbocycles. The largest absolute Gasteiger partial charge is 0.497 e.